The smallest absolute Gasteiger partial charge is 0.227 e. The molecule has 0 aliphatic rings. The van der Waals surface area contributed by atoms with E-state index in [4.69, 9.17) is 5.73 Å². The highest BCUT2D eigenvalue weighted by Crippen LogP contribution is 2.30. The summed E-state index contributed by atoms with van der Waals surface area (Å²) < 4.78 is 14.5. The summed E-state index contributed by atoms with van der Waals surface area (Å²) in [5.74, 6) is 0.207. The van der Waals surface area contributed by atoms with Gasteiger partial charge < -0.3 is 5.73 Å². The molecular formula is C11H10FN3OS3. The lowest BCUT2D eigenvalue weighted by Gasteiger charge is -1.98. The Morgan fingerprint density at radius 3 is 2.74 bits per heavy atom. The molecule has 2 N–H and O–H groups in total. The molecular weight excluding hydrogens is 305 g/mol. The molecule has 1 heterocycles. The molecule has 19 heavy (non-hydrogen) atoms. The Morgan fingerprint density at radius 2 is 2.05 bits per heavy atom. The molecule has 0 saturated heterocycles. The van der Waals surface area contributed by atoms with Crippen molar-refractivity contribution in [2.45, 2.75) is 14.4 Å². The minimum absolute atomic E-state index is 0.198. The van der Waals surface area contributed by atoms with E-state index in [2.05, 4.69) is 10.2 Å². The lowest BCUT2D eigenvalue weighted by atomic mass is 10.2. The Hall–Kier alpha value is -1.12. The van der Waals surface area contributed by atoms with E-state index in [9.17, 15) is 9.18 Å². The van der Waals surface area contributed by atoms with E-state index in [0.29, 0.717) is 10.1 Å². The molecule has 0 radical (unpaired) electrons. The number of benzene rings is 1. The number of nitrogens with two attached hydrogens (primary N) is 1. The number of thioether (sulfide) groups is 2. The first-order valence-electron chi connectivity index (χ1n) is 5.25. The van der Waals surface area contributed by atoms with Crippen molar-refractivity contribution in [2.24, 2.45) is 5.73 Å². The Labute approximate surface area is 122 Å². The molecule has 2 rings (SSSR count). The summed E-state index contributed by atoms with van der Waals surface area (Å²) in [5.41, 5.74) is 5.95. The first-order chi connectivity index (χ1) is 9.13. The highest BCUT2D eigenvalue weighted by molar-refractivity contribution is 8.03. The summed E-state index contributed by atoms with van der Waals surface area (Å²) in [5, 5.41) is 7.94. The largest absolute Gasteiger partial charge is 0.369 e. The lowest BCUT2D eigenvalue weighted by molar-refractivity contribution is -0.115. The van der Waals surface area contributed by atoms with Crippen LogP contribution in [0.3, 0.4) is 0 Å². The molecule has 100 valence electrons. The van der Waals surface area contributed by atoms with Crippen molar-refractivity contribution in [3.63, 3.8) is 0 Å². The molecule has 0 fully saturated rings. The number of rotatable bonds is 6. The molecule has 8 heteroatoms. The van der Waals surface area contributed by atoms with Gasteiger partial charge in [-0.1, -0.05) is 47.0 Å². The van der Waals surface area contributed by atoms with E-state index in [1.54, 1.807) is 6.07 Å². The van der Waals surface area contributed by atoms with E-state index < -0.39 is 0 Å². The van der Waals surface area contributed by atoms with Crippen LogP contribution in [0, 0.1) is 5.82 Å². The van der Waals surface area contributed by atoms with Crippen LogP contribution < -0.4 is 5.73 Å². The van der Waals surface area contributed by atoms with Gasteiger partial charge in [0.2, 0.25) is 5.91 Å². The van der Waals surface area contributed by atoms with E-state index in [1.165, 1.54) is 47.0 Å². The van der Waals surface area contributed by atoms with Gasteiger partial charge in [0.15, 0.2) is 8.68 Å². The summed E-state index contributed by atoms with van der Waals surface area (Å²) in [6, 6.07) is 6.45. The minimum Gasteiger partial charge on any atom is -0.369 e. The van der Waals surface area contributed by atoms with Gasteiger partial charge in [-0.15, -0.1) is 10.2 Å². The molecule has 0 aliphatic carbocycles. The van der Waals surface area contributed by atoms with Gasteiger partial charge in [-0.05, 0) is 17.7 Å². The van der Waals surface area contributed by atoms with Gasteiger partial charge in [0.1, 0.15) is 5.82 Å². The average molecular weight is 315 g/mol. The second-order valence-electron chi connectivity index (χ2n) is 3.51. The number of amides is 1. The Bertz CT molecular complexity index is 576. The van der Waals surface area contributed by atoms with Gasteiger partial charge in [-0.25, -0.2) is 4.39 Å². The minimum atomic E-state index is -0.380. The molecule has 0 atom stereocenters. The molecule has 0 unspecified atom stereocenters. The van der Waals surface area contributed by atoms with E-state index in [1.807, 2.05) is 6.07 Å². The summed E-state index contributed by atoms with van der Waals surface area (Å²) in [6.07, 6.45) is 0. The Balaban J connectivity index is 1.88. The van der Waals surface area contributed by atoms with E-state index >= 15 is 0 Å². The predicted octanol–water partition coefficient (Wildman–Crippen LogP) is 2.55. The SMILES string of the molecule is NC(=O)CSc1nnc(SCc2cccc(F)c2)s1. The molecule has 4 nitrogen and oxygen atoms in total. The molecule has 1 aromatic carbocycles. The number of carbonyl (C=O) groups is 1. The first kappa shape index (κ1) is 14.3. The van der Waals surface area contributed by atoms with Crippen LogP contribution in [0.5, 0.6) is 0 Å². The second-order valence-corrected chi connectivity index (χ2v) is 6.93. The molecule has 2 aromatic rings. The van der Waals surface area contributed by atoms with Gasteiger partial charge in [0, 0.05) is 5.75 Å². The average Bonchev–Trinajstić information content (AvgIpc) is 2.82. The van der Waals surface area contributed by atoms with Gasteiger partial charge >= 0.3 is 0 Å². The molecule has 0 spiro atoms. The van der Waals surface area contributed by atoms with Crippen molar-refractivity contribution in [1.29, 1.82) is 0 Å². The number of hydrogen-bond acceptors (Lipinski definition) is 6. The van der Waals surface area contributed by atoms with Gasteiger partial charge in [-0.2, -0.15) is 0 Å². The number of carbonyl (C=O) groups excluding carboxylic acids is 1. The molecule has 0 bridgehead atoms. The molecule has 0 aliphatic heterocycles. The van der Waals surface area contributed by atoms with Crippen LogP contribution in [0.25, 0.3) is 0 Å². The normalized spacial score (nSPS) is 10.6. The predicted molar refractivity (Wildman–Crippen MR) is 75.8 cm³/mol. The van der Waals surface area contributed by atoms with Crippen LogP contribution in [-0.4, -0.2) is 21.9 Å². The van der Waals surface area contributed by atoms with E-state index in [0.717, 1.165) is 9.90 Å². The third-order valence-electron chi connectivity index (χ3n) is 1.98. The summed E-state index contributed by atoms with van der Waals surface area (Å²) >= 11 is 4.16. The van der Waals surface area contributed by atoms with Crippen molar-refractivity contribution in [1.82, 2.24) is 10.2 Å². The molecule has 1 aromatic heterocycles. The second kappa shape index (κ2) is 6.88. The number of aromatic nitrogens is 2. The van der Waals surface area contributed by atoms with Crippen molar-refractivity contribution in [3.8, 4) is 0 Å². The fourth-order valence-corrected chi connectivity index (χ4v) is 3.92. The summed E-state index contributed by atoms with van der Waals surface area (Å²) in [6.45, 7) is 0. The number of halogens is 1. The maximum absolute atomic E-state index is 13.0. The zero-order valence-electron chi connectivity index (χ0n) is 9.71. The van der Waals surface area contributed by atoms with Crippen molar-refractivity contribution in [2.75, 3.05) is 5.75 Å². The van der Waals surface area contributed by atoms with Crippen LogP contribution in [0.1, 0.15) is 5.56 Å². The topological polar surface area (TPSA) is 68.9 Å². The van der Waals surface area contributed by atoms with Gasteiger partial charge in [0.25, 0.3) is 0 Å². The highest BCUT2D eigenvalue weighted by atomic mass is 32.2. The zero-order valence-corrected chi connectivity index (χ0v) is 12.2. The van der Waals surface area contributed by atoms with Gasteiger partial charge in [0.05, 0.1) is 5.75 Å². The summed E-state index contributed by atoms with van der Waals surface area (Å²) in [4.78, 5) is 10.6. The fraction of sp³-hybridized carbons (Fsp3) is 0.182. The van der Waals surface area contributed by atoms with Crippen LogP contribution in [-0.2, 0) is 10.5 Å². The monoisotopic (exact) mass is 315 g/mol. The maximum Gasteiger partial charge on any atom is 0.227 e. The van der Waals surface area contributed by atoms with Crippen LogP contribution >= 0.6 is 34.9 Å². The Morgan fingerprint density at radius 1 is 1.32 bits per heavy atom. The number of nitrogens with zero attached hydrogens (tertiary/aromatic N) is 2. The van der Waals surface area contributed by atoms with Crippen molar-refractivity contribution < 1.29 is 9.18 Å². The highest BCUT2D eigenvalue weighted by Gasteiger charge is 2.07. The Kier molecular flexibility index (Phi) is 5.17. The van der Waals surface area contributed by atoms with Gasteiger partial charge in [-0.3, -0.25) is 4.79 Å². The molecule has 1 amide bonds. The summed E-state index contributed by atoms with van der Waals surface area (Å²) in [7, 11) is 0. The van der Waals surface area contributed by atoms with E-state index in [-0.39, 0.29) is 17.5 Å². The first-order valence-corrected chi connectivity index (χ1v) is 8.04. The molecule has 0 saturated carbocycles. The third-order valence-corrected chi connectivity index (χ3v) is 5.26. The zero-order chi connectivity index (χ0) is 13.7. The lowest BCUT2D eigenvalue weighted by Crippen LogP contribution is -2.12. The number of primary amides is 1. The standard InChI is InChI=1S/C11H10FN3OS3/c12-8-3-1-2-7(4-8)5-17-10-14-15-11(19-10)18-6-9(13)16/h1-4H,5-6H2,(H2,13,16). The quantitative estimate of drug-likeness (QED) is 0.830. The fourth-order valence-electron chi connectivity index (χ4n) is 1.22. The van der Waals surface area contributed by atoms with Crippen molar-refractivity contribution >= 4 is 40.8 Å². The van der Waals surface area contributed by atoms with Crippen LogP contribution in [0.2, 0.25) is 0 Å². The maximum atomic E-state index is 13.0. The number of hydrogen-bond donors (Lipinski definition) is 1. The van der Waals surface area contributed by atoms with Crippen LogP contribution in [0.15, 0.2) is 32.9 Å². The van der Waals surface area contributed by atoms with Crippen molar-refractivity contribution in [3.05, 3.63) is 35.6 Å². The third kappa shape index (κ3) is 4.81. The van der Waals surface area contributed by atoms with Crippen LogP contribution in [0.4, 0.5) is 4.39 Å².